The number of hydrogen-bond donors (Lipinski definition) is 2. The third-order valence-corrected chi connectivity index (χ3v) is 4.74. The number of para-hydroxylation sites is 2. The zero-order valence-electron chi connectivity index (χ0n) is 16.2. The van der Waals surface area contributed by atoms with Crippen LogP contribution in [-0.4, -0.2) is 51.6 Å². The number of rotatable bonds is 5. The van der Waals surface area contributed by atoms with E-state index in [-0.39, 0.29) is 0 Å². The summed E-state index contributed by atoms with van der Waals surface area (Å²) in [5.41, 5.74) is 3.25. The smallest absolute Gasteiger partial charge is 0.148 e. The molecule has 0 aliphatic rings. The number of likely N-dealkylation sites (N-methyl/N-ethyl adjacent to an activating group) is 1. The van der Waals surface area contributed by atoms with E-state index in [0.717, 1.165) is 52.2 Å². The molecule has 0 unspecified atom stereocenters. The third kappa shape index (κ3) is 3.22. The van der Waals surface area contributed by atoms with Gasteiger partial charge in [0.15, 0.2) is 0 Å². The molecule has 0 saturated heterocycles. The Morgan fingerprint density at radius 3 is 2.59 bits per heavy atom. The van der Waals surface area contributed by atoms with E-state index >= 15 is 0 Å². The van der Waals surface area contributed by atoms with Gasteiger partial charge in [-0.2, -0.15) is 0 Å². The van der Waals surface area contributed by atoms with Crippen LogP contribution < -0.4 is 5.32 Å². The Morgan fingerprint density at radius 2 is 1.85 bits per heavy atom. The molecule has 3 aromatic heterocycles. The van der Waals surface area contributed by atoms with Crippen molar-refractivity contribution in [3.05, 3.63) is 48.0 Å². The molecule has 0 amide bonds. The Hall–Kier alpha value is -2.70. The van der Waals surface area contributed by atoms with Crippen molar-refractivity contribution in [2.75, 3.05) is 32.5 Å². The highest BCUT2D eigenvalue weighted by Gasteiger charge is 2.23. The minimum absolute atomic E-state index is 0.745. The fourth-order valence-corrected chi connectivity index (χ4v) is 3.35. The number of benzene rings is 1. The van der Waals surface area contributed by atoms with Gasteiger partial charge in [-0.15, -0.1) is 0 Å². The van der Waals surface area contributed by atoms with Gasteiger partial charge in [-0.25, -0.2) is 9.97 Å². The van der Waals surface area contributed by atoms with Gasteiger partial charge >= 0.3 is 0 Å². The van der Waals surface area contributed by atoms with E-state index in [1.54, 1.807) is 13.8 Å². The molecule has 0 aliphatic heterocycles. The van der Waals surface area contributed by atoms with Crippen molar-refractivity contribution in [2.24, 2.45) is 0 Å². The second kappa shape index (κ2) is 6.48. The molecule has 0 saturated carbocycles. The van der Waals surface area contributed by atoms with Crippen LogP contribution in [0.4, 0.5) is 5.82 Å². The van der Waals surface area contributed by atoms with Gasteiger partial charge in [-0.05, 0) is 58.3 Å². The number of aromatic nitrogens is 3. The van der Waals surface area contributed by atoms with Gasteiger partial charge in [-0.3, -0.25) is 4.40 Å². The average molecular weight is 363 g/mol. The Balaban J connectivity index is 1.97. The summed E-state index contributed by atoms with van der Waals surface area (Å²) >= 11 is 0. The first-order chi connectivity index (χ1) is 12.8. The topological polar surface area (TPSA) is 65.7 Å². The van der Waals surface area contributed by atoms with E-state index in [1.807, 2.05) is 42.5 Å². The molecule has 0 spiro atoms. The first-order valence-corrected chi connectivity index (χ1v) is 9.17. The van der Waals surface area contributed by atoms with Crippen molar-refractivity contribution in [1.29, 1.82) is 0 Å². The number of nitrogens with zero attached hydrogens (tertiary/aromatic N) is 4. The van der Waals surface area contributed by atoms with Crippen molar-refractivity contribution in [1.82, 2.24) is 19.3 Å². The molecule has 6 heteroatoms. The Morgan fingerprint density at radius 1 is 1.07 bits per heavy atom. The largest absolute Gasteiger partial charge is 0.386 e. The quantitative estimate of drug-likeness (QED) is 0.570. The molecule has 3 heterocycles. The average Bonchev–Trinajstić information content (AvgIpc) is 2.99. The molecule has 6 nitrogen and oxygen atoms in total. The molecule has 0 aliphatic carbocycles. The van der Waals surface area contributed by atoms with Gasteiger partial charge in [0.1, 0.15) is 17.1 Å². The van der Waals surface area contributed by atoms with Gasteiger partial charge in [0, 0.05) is 24.0 Å². The van der Waals surface area contributed by atoms with Crippen LogP contribution in [0.3, 0.4) is 0 Å². The van der Waals surface area contributed by atoms with Crippen LogP contribution in [0.1, 0.15) is 19.4 Å². The number of hydrogen-bond acceptors (Lipinski definition) is 5. The molecule has 0 radical (unpaired) electrons. The fourth-order valence-electron chi connectivity index (χ4n) is 3.35. The number of nitrogens with one attached hydrogen (secondary N) is 1. The molecular formula is C21H25N5O. The second-order valence-electron chi connectivity index (χ2n) is 7.72. The van der Waals surface area contributed by atoms with Crippen LogP contribution in [0, 0.1) is 0 Å². The lowest BCUT2D eigenvalue weighted by atomic mass is 9.98. The van der Waals surface area contributed by atoms with Crippen molar-refractivity contribution >= 4 is 33.5 Å². The number of imidazole rings is 1. The Kier molecular flexibility index (Phi) is 4.25. The number of fused-ring (bicyclic) bond motifs is 5. The second-order valence-corrected chi connectivity index (χ2v) is 7.72. The minimum atomic E-state index is -1.00. The maximum Gasteiger partial charge on any atom is 0.148 e. The summed E-state index contributed by atoms with van der Waals surface area (Å²) in [5, 5.41) is 15.1. The van der Waals surface area contributed by atoms with Gasteiger partial charge in [0.25, 0.3) is 0 Å². The standard InChI is InChI=1S/C21H25N5O/c1-21(2,27)15-13-14-9-10-18(22-11-12-25(3)4)24-19(14)26-17-8-6-5-7-16(17)23-20(15)26/h5-10,13,27H,11-12H2,1-4H3,(H,22,24). The van der Waals surface area contributed by atoms with E-state index < -0.39 is 5.60 Å². The summed E-state index contributed by atoms with van der Waals surface area (Å²) in [6.07, 6.45) is 0. The molecule has 0 atom stereocenters. The van der Waals surface area contributed by atoms with Gasteiger partial charge < -0.3 is 15.3 Å². The van der Waals surface area contributed by atoms with E-state index in [2.05, 4.69) is 28.7 Å². The molecule has 4 rings (SSSR count). The molecule has 0 bridgehead atoms. The molecule has 2 N–H and O–H groups in total. The van der Waals surface area contributed by atoms with Gasteiger partial charge in [0.2, 0.25) is 0 Å². The molecule has 140 valence electrons. The van der Waals surface area contributed by atoms with Crippen molar-refractivity contribution in [3.8, 4) is 0 Å². The first-order valence-electron chi connectivity index (χ1n) is 9.17. The Labute approximate surface area is 158 Å². The maximum absolute atomic E-state index is 10.7. The third-order valence-electron chi connectivity index (χ3n) is 4.74. The fraction of sp³-hybridized carbons (Fsp3) is 0.333. The Bertz CT molecular complexity index is 1120. The van der Waals surface area contributed by atoms with E-state index in [4.69, 9.17) is 9.97 Å². The monoisotopic (exact) mass is 363 g/mol. The van der Waals surface area contributed by atoms with Crippen LogP contribution in [0.25, 0.3) is 27.7 Å². The van der Waals surface area contributed by atoms with Crippen LogP contribution >= 0.6 is 0 Å². The normalized spacial score (nSPS) is 12.5. The van der Waals surface area contributed by atoms with E-state index in [1.165, 1.54) is 0 Å². The summed E-state index contributed by atoms with van der Waals surface area (Å²) in [4.78, 5) is 11.8. The highest BCUT2D eigenvalue weighted by molar-refractivity contribution is 5.91. The summed E-state index contributed by atoms with van der Waals surface area (Å²) in [6, 6.07) is 14.0. The maximum atomic E-state index is 10.7. The van der Waals surface area contributed by atoms with Crippen LogP contribution in [-0.2, 0) is 5.60 Å². The molecule has 0 fully saturated rings. The summed E-state index contributed by atoms with van der Waals surface area (Å²) in [6.45, 7) is 5.33. The minimum Gasteiger partial charge on any atom is -0.386 e. The highest BCUT2D eigenvalue weighted by Crippen LogP contribution is 2.31. The van der Waals surface area contributed by atoms with Crippen LogP contribution in [0.15, 0.2) is 42.5 Å². The van der Waals surface area contributed by atoms with E-state index in [9.17, 15) is 5.11 Å². The van der Waals surface area contributed by atoms with Crippen LogP contribution in [0.2, 0.25) is 0 Å². The summed E-state index contributed by atoms with van der Waals surface area (Å²) < 4.78 is 2.05. The van der Waals surface area contributed by atoms with Crippen LogP contribution in [0.5, 0.6) is 0 Å². The van der Waals surface area contributed by atoms with Crippen molar-refractivity contribution in [3.63, 3.8) is 0 Å². The number of anilines is 1. The lowest BCUT2D eigenvalue weighted by Crippen LogP contribution is -2.21. The van der Waals surface area contributed by atoms with E-state index in [0.29, 0.717) is 0 Å². The zero-order valence-corrected chi connectivity index (χ0v) is 16.2. The number of pyridine rings is 2. The van der Waals surface area contributed by atoms with Gasteiger partial charge in [0.05, 0.1) is 16.6 Å². The lowest BCUT2D eigenvalue weighted by Gasteiger charge is -2.20. The number of aliphatic hydroxyl groups is 1. The molecule has 1 aromatic carbocycles. The summed E-state index contributed by atoms with van der Waals surface area (Å²) in [7, 11) is 4.10. The van der Waals surface area contributed by atoms with Crippen molar-refractivity contribution < 1.29 is 5.11 Å². The van der Waals surface area contributed by atoms with Gasteiger partial charge in [-0.1, -0.05) is 12.1 Å². The predicted octanol–water partition coefficient (Wildman–Crippen LogP) is 3.24. The highest BCUT2D eigenvalue weighted by atomic mass is 16.3. The molecular weight excluding hydrogens is 338 g/mol. The first kappa shape index (κ1) is 17.7. The van der Waals surface area contributed by atoms with Crippen molar-refractivity contribution in [2.45, 2.75) is 19.4 Å². The SMILES string of the molecule is CN(C)CCNc1ccc2cc(C(C)(C)O)c3nc4ccccc4n3c2n1. The zero-order chi connectivity index (χ0) is 19.2. The predicted molar refractivity (Wildman–Crippen MR) is 110 cm³/mol. The molecule has 27 heavy (non-hydrogen) atoms. The summed E-state index contributed by atoms with van der Waals surface area (Å²) in [5.74, 6) is 0.833. The lowest BCUT2D eigenvalue weighted by molar-refractivity contribution is 0.0798. The molecule has 4 aromatic rings.